The van der Waals surface area contributed by atoms with E-state index in [2.05, 4.69) is 5.32 Å². The van der Waals surface area contributed by atoms with Crippen molar-refractivity contribution < 1.29 is 18.0 Å². The largest absolute Gasteiger partial charge is 0.356 e. The van der Waals surface area contributed by atoms with Crippen LogP contribution in [0.5, 0.6) is 0 Å². The van der Waals surface area contributed by atoms with Crippen LogP contribution in [-0.2, 0) is 0 Å². The monoisotopic (exact) mass is 320 g/mol. The van der Waals surface area contributed by atoms with Crippen molar-refractivity contribution in [1.29, 1.82) is 0 Å². The molecule has 1 aliphatic rings. The van der Waals surface area contributed by atoms with Crippen LogP contribution in [0.2, 0.25) is 0 Å². The minimum atomic E-state index is -1.52. The lowest BCUT2D eigenvalue weighted by molar-refractivity contribution is 0.0950. The maximum Gasteiger partial charge on any atom is 0.196 e. The van der Waals surface area contributed by atoms with Crippen LogP contribution in [0.25, 0.3) is 0 Å². The van der Waals surface area contributed by atoms with Crippen LogP contribution >= 0.6 is 0 Å². The lowest BCUT2D eigenvalue weighted by atomic mass is 10.0. The molecule has 1 heterocycles. The lowest BCUT2D eigenvalue weighted by Crippen LogP contribution is -2.55. The molecule has 1 atom stereocenters. The summed E-state index contributed by atoms with van der Waals surface area (Å²) in [5, 5.41) is 3.08. The molecule has 2 aromatic carbocycles. The number of nitrogens with zero attached hydrogens (tertiary/aromatic N) is 1. The number of Topliss-reactive ketones (excluding diaryl/α,β-unsaturated/α-hetero) is 1. The summed E-state index contributed by atoms with van der Waals surface area (Å²) in [6.07, 6.45) is 0. The fourth-order valence-corrected chi connectivity index (χ4v) is 2.76. The molecule has 0 radical (unpaired) electrons. The van der Waals surface area contributed by atoms with Gasteiger partial charge in [-0.2, -0.15) is 0 Å². The van der Waals surface area contributed by atoms with Gasteiger partial charge >= 0.3 is 0 Å². The van der Waals surface area contributed by atoms with E-state index in [9.17, 15) is 18.0 Å². The second-order valence-electron chi connectivity index (χ2n) is 5.34. The Morgan fingerprint density at radius 1 is 1.04 bits per heavy atom. The van der Waals surface area contributed by atoms with Crippen molar-refractivity contribution in [1.82, 2.24) is 5.32 Å². The zero-order chi connectivity index (χ0) is 16.4. The third kappa shape index (κ3) is 2.94. The standard InChI is InChI=1S/C17H15F3N2O/c18-12-6-7-13(16(20)15(12)19)22-9-8-21-10-14(22)17(23)11-4-2-1-3-5-11/h1-7,14,21H,8-10H2. The Kier molecular flexibility index (Phi) is 4.34. The molecule has 6 heteroatoms. The fraction of sp³-hybridized carbons (Fsp3) is 0.235. The molecule has 23 heavy (non-hydrogen) atoms. The Balaban J connectivity index is 1.97. The van der Waals surface area contributed by atoms with E-state index < -0.39 is 23.5 Å². The summed E-state index contributed by atoms with van der Waals surface area (Å²) in [4.78, 5) is 14.2. The number of anilines is 1. The van der Waals surface area contributed by atoms with Crippen molar-refractivity contribution in [3.05, 3.63) is 65.5 Å². The highest BCUT2D eigenvalue weighted by Gasteiger charge is 2.32. The number of nitrogens with one attached hydrogen (secondary N) is 1. The van der Waals surface area contributed by atoms with Gasteiger partial charge in [0, 0.05) is 25.2 Å². The molecule has 0 spiro atoms. The minimum Gasteiger partial charge on any atom is -0.356 e. The van der Waals surface area contributed by atoms with E-state index in [1.54, 1.807) is 30.3 Å². The Labute approximate surface area is 131 Å². The maximum atomic E-state index is 14.1. The van der Waals surface area contributed by atoms with Crippen molar-refractivity contribution in [2.24, 2.45) is 0 Å². The predicted octanol–water partition coefficient (Wildman–Crippen LogP) is 2.77. The number of hydrogen-bond donors (Lipinski definition) is 1. The van der Waals surface area contributed by atoms with Gasteiger partial charge in [0.25, 0.3) is 0 Å². The molecule has 0 saturated carbocycles. The third-order valence-corrected chi connectivity index (χ3v) is 3.93. The molecule has 1 N–H and O–H groups in total. The zero-order valence-electron chi connectivity index (χ0n) is 12.2. The van der Waals surface area contributed by atoms with E-state index in [1.165, 1.54) is 11.0 Å². The number of carbonyl (C=O) groups excluding carboxylic acids is 1. The Morgan fingerprint density at radius 2 is 1.78 bits per heavy atom. The summed E-state index contributed by atoms with van der Waals surface area (Å²) < 4.78 is 40.8. The Hall–Kier alpha value is -2.34. The first kappa shape index (κ1) is 15.6. The van der Waals surface area contributed by atoms with Gasteiger partial charge in [0.2, 0.25) is 0 Å². The quantitative estimate of drug-likeness (QED) is 0.697. The van der Waals surface area contributed by atoms with Crippen molar-refractivity contribution >= 4 is 11.5 Å². The van der Waals surface area contributed by atoms with E-state index in [-0.39, 0.29) is 11.5 Å². The van der Waals surface area contributed by atoms with E-state index in [0.717, 1.165) is 6.07 Å². The zero-order valence-corrected chi connectivity index (χ0v) is 12.2. The first-order valence-corrected chi connectivity index (χ1v) is 7.29. The SMILES string of the molecule is O=C(c1ccccc1)C1CNCCN1c1ccc(F)c(F)c1F. The summed E-state index contributed by atoms with van der Waals surface area (Å²) in [5.74, 6) is -4.22. The Bertz CT molecular complexity index is 721. The smallest absolute Gasteiger partial charge is 0.196 e. The molecule has 0 bridgehead atoms. The van der Waals surface area contributed by atoms with Gasteiger partial charge in [0.15, 0.2) is 23.2 Å². The molecule has 1 fully saturated rings. The molecule has 1 saturated heterocycles. The van der Waals surface area contributed by atoms with Gasteiger partial charge in [0.1, 0.15) is 6.04 Å². The summed E-state index contributed by atoms with van der Waals surface area (Å²) >= 11 is 0. The van der Waals surface area contributed by atoms with Gasteiger partial charge in [-0.15, -0.1) is 0 Å². The topological polar surface area (TPSA) is 32.3 Å². The first-order chi connectivity index (χ1) is 11.1. The second kappa shape index (κ2) is 6.42. The molecule has 3 rings (SSSR count). The molecule has 0 amide bonds. The van der Waals surface area contributed by atoms with Crippen LogP contribution in [-0.4, -0.2) is 31.5 Å². The molecule has 1 unspecified atom stereocenters. The summed E-state index contributed by atoms with van der Waals surface area (Å²) in [5.41, 5.74) is 0.397. The van der Waals surface area contributed by atoms with Crippen molar-refractivity contribution in [3.8, 4) is 0 Å². The minimum absolute atomic E-state index is 0.0975. The number of benzene rings is 2. The van der Waals surface area contributed by atoms with Gasteiger partial charge in [-0.25, -0.2) is 13.2 Å². The number of carbonyl (C=O) groups is 1. The summed E-state index contributed by atoms with van der Waals surface area (Å²) in [6.45, 7) is 1.16. The summed E-state index contributed by atoms with van der Waals surface area (Å²) in [6, 6.07) is 10.0. The van der Waals surface area contributed by atoms with Crippen molar-refractivity contribution in [2.45, 2.75) is 6.04 Å². The Morgan fingerprint density at radius 3 is 2.52 bits per heavy atom. The number of piperazine rings is 1. The lowest BCUT2D eigenvalue weighted by Gasteiger charge is -2.37. The highest BCUT2D eigenvalue weighted by molar-refractivity contribution is 6.02. The third-order valence-electron chi connectivity index (χ3n) is 3.93. The van der Waals surface area contributed by atoms with Crippen LogP contribution in [0, 0.1) is 17.5 Å². The van der Waals surface area contributed by atoms with Crippen LogP contribution in [0.15, 0.2) is 42.5 Å². The van der Waals surface area contributed by atoms with Crippen LogP contribution in [0.4, 0.5) is 18.9 Å². The molecule has 1 aliphatic heterocycles. The van der Waals surface area contributed by atoms with Gasteiger partial charge in [-0.3, -0.25) is 4.79 Å². The van der Waals surface area contributed by atoms with E-state index in [4.69, 9.17) is 0 Å². The predicted molar refractivity (Wildman–Crippen MR) is 81.1 cm³/mol. The van der Waals surface area contributed by atoms with E-state index in [0.29, 0.717) is 25.2 Å². The molecule has 120 valence electrons. The normalized spacial score (nSPS) is 18.0. The second-order valence-corrected chi connectivity index (χ2v) is 5.34. The van der Waals surface area contributed by atoms with Crippen LogP contribution in [0.3, 0.4) is 0 Å². The van der Waals surface area contributed by atoms with Gasteiger partial charge < -0.3 is 10.2 Å². The van der Waals surface area contributed by atoms with Crippen LogP contribution < -0.4 is 10.2 Å². The summed E-state index contributed by atoms with van der Waals surface area (Å²) in [7, 11) is 0. The average Bonchev–Trinajstić information content (AvgIpc) is 2.60. The maximum absolute atomic E-state index is 14.1. The molecule has 0 aromatic heterocycles. The number of rotatable bonds is 3. The molecule has 0 aliphatic carbocycles. The molecule has 3 nitrogen and oxygen atoms in total. The van der Waals surface area contributed by atoms with E-state index >= 15 is 0 Å². The van der Waals surface area contributed by atoms with Gasteiger partial charge in [-0.1, -0.05) is 30.3 Å². The highest BCUT2D eigenvalue weighted by atomic mass is 19.2. The van der Waals surface area contributed by atoms with Crippen molar-refractivity contribution in [2.75, 3.05) is 24.5 Å². The first-order valence-electron chi connectivity index (χ1n) is 7.29. The number of hydrogen-bond acceptors (Lipinski definition) is 3. The molecular formula is C17H15F3N2O. The number of ketones is 1. The van der Waals surface area contributed by atoms with Gasteiger partial charge in [-0.05, 0) is 12.1 Å². The molecule has 2 aromatic rings. The van der Waals surface area contributed by atoms with Crippen LogP contribution in [0.1, 0.15) is 10.4 Å². The average molecular weight is 320 g/mol. The fourth-order valence-electron chi connectivity index (χ4n) is 2.76. The molecular weight excluding hydrogens is 305 g/mol. The highest BCUT2D eigenvalue weighted by Crippen LogP contribution is 2.27. The van der Waals surface area contributed by atoms with E-state index in [1.807, 2.05) is 0 Å². The van der Waals surface area contributed by atoms with Crippen molar-refractivity contribution in [3.63, 3.8) is 0 Å². The van der Waals surface area contributed by atoms with Gasteiger partial charge in [0.05, 0.1) is 5.69 Å². The number of halogens is 3.